The summed E-state index contributed by atoms with van der Waals surface area (Å²) >= 11 is 3.50. The van der Waals surface area contributed by atoms with Crippen LogP contribution in [0.4, 0.5) is 11.4 Å². The van der Waals surface area contributed by atoms with E-state index in [0.29, 0.717) is 0 Å². The number of nitrogens with two attached hydrogens (primary N) is 1. The van der Waals surface area contributed by atoms with E-state index < -0.39 is 0 Å². The average molecular weight is 305 g/mol. The number of anilines is 2. The molecular formula is C15H17BrN2. The quantitative estimate of drug-likeness (QED) is 0.863. The van der Waals surface area contributed by atoms with Crippen molar-refractivity contribution < 1.29 is 0 Å². The smallest absolute Gasteiger partial charge is 0.0614 e. The lowest BCUT2D eigenvalue weighted by atomic mass is 10.2. The van der Waals surface area contributed by atoms with Gasteiger partial charge in [-0.3, -0.25) is 0 Å². The first-order chi connectivity index (χ1) is 8.70. The number of hydrogen-bond donors (Lipinski definition) is 1. The van der Waals surface area contributed by atoms with E-state index in [0.717, 1.165) is 28.9 Å². The van der Waals surface area contributed by atoms with Crippen molar-refractivity contribution in [2.75, 3.05) is 17.2 Å². The van der Waals surface area contributed by atoms with Crippen molar-refractivity contribution in [2.24, 2.45) is 0 Å². The van der Waals surface area contributed by atoms with Crippen LogP contribution in [-0.4, -0.2) is 6.54 Å². The van der Waals surface area contributed by atoms with Crippen molar-refractivity contribution in [3.63, 3.8) is 0 Å². The Morgan fingerprint density at radius 2 is 1.83 bits per heavy atom. The molecule has 0 bridgehead atoms. The van der Waals surface area contributed by atoms with Gasteiger partial charge in [-0.25, -0.2) is 0 Å². The zero-order valence-corrected chi connectivity index (χ0v) is 12.0. The van der Waals surface area contributed by atoms with Gasteiger partial charge < -0.3 is 10.6 Å². The van der Waals surface area contributed by atoms with E-state index in [1.54, 1.807) is 0 Å². The molecule has 0 spiro atoms. The van der Waals surface area contributed by atoms with Crippen LogP contribution in [0, 0.1) is 0 Å². The fraction of sp³-hybridized carbons (Fsp3) is 0.200. The topological polar surface area (TPSA) is 29.3 Å². The molecule has 0 fully saturated rings. The lowest BCUT2D eigenvalue weighted by Crippen LogP contribution is -2.23. The molecule has 0 saturated carbocycles. The molecular weight excluding hydrogens is 288 g/mol. The van der Waals surface area contributed by atoms with Crippen molar-refractivity contribution in [1.29, 1.82) is 0 Å². The number of rotatable bonds is 4. The van der Waals surface area contributed by atoms with E-state index in [1.165, 1.54) is 5.56 Å². The van der Waals surface area contributed by atoms with E-state index >= 15 is 0 Å². The Hall–Kier alpha value is -1.48. The Kier molecular flexibility index (Phi) is 4.26. The van der Waals surface area contributed by atoms with Gasteiger partial charge in [-0.05, 0) is 30.7 Å². The van der Waals surface area contributed by atoms with Crippen LogP contribution in [0.15, 0.2) is 53.0 Å². The van der Waals surface area contributed by atoms with Crippen LogP contribution in [0.5, 0.6) is 0 Å². The van der Waals surface area contributed by atoms with Gasteiger partial charge in [0.15, 0.2) is 0 Å². The summed E-state index contributed by atoms with van der Waals surface area (Å²) in [5.74, 6) is 0. The van der Waals surface area contributed by atoms with E-state index in [4.69, 9.17) is 5.73 Å². The van der Waals surface area contributed by atoms with Gasteiger partial charge in [-0.2, -0.15) is 0 Å². The molecule has 0 saturated heterocycles. The second-order valence-corrected chi connectivity index (χ2v) is 5.12. The molecule has 2 rings (SSSR count). The first-order valence-electron chi connectivity index (χ1n) is 6.04. The normalized spacial score (nSPS) is 10.3. The third-order valence-corrected chi connectivity index (χ3v) is 3.42. The maximum atomic E-state index is 6.06. The zero-order valence-electron chi connectivity index (χ0n) is 10.4. The van der Waals surface area contributed by atoms with Gasteiger partial charge in [0.1, 0.15) is 0 Å². The summed E-state index contributed by atoms with van der Waals surface area (Å²) in [7, 11) is 0. The Labute approximate surface area is 117 Å². The first-order valence-corrected chi connectivity index (χ1v) is 6.84. The lowest BCUT2D eigenvalue weighted by Gasteiger charge is -2.25. The molecule has 0 heterocycles. The Morgan fingerprint density at radius 3 is 2.50 bits per heavy atom. The minimum absolute atomic E-state index is 0.816. The summed E-state index contributed by atoms with van der Waals surface area (Å²) in [6.45, 7) is 3.94. The highest BCUT2D eigenvalue weighted by molar-refractivity contribution is 9.10. The predicted molar refractivity (Wildman–Crippen MR) is 81.7 cm³/mol. The minimum atomic E-state index is 0.816. The number of nitrogen functional groups attached to an aromatic ring is 1. The molecule has 0 aliphatic carbocycles. The van der Waals surface area contributed by atoms with Gasteiger partial charge in [-0.15, -0.1) is 0 Å². The van der Waals surface area contributed by atoms with Crippen molar-refractivity contribution in [2.45, 2.75) is 13.5 Å². The molecule has 3 heteroatoms. The molecule has 2 nitrogen and oxygen atoms in total. The van der Waals surface area contributed by atoms with E-state index in [2.05, 4.69) is 58.1 Å². The summed E-state index contributed by atoms with van der Waals surface area (Å²) in [5.41, 5.74) is 9.24. The lowest BCUT2D eigenvalue weighted by molar-refractivity contribution is 0.833. The third kappa shape index (κ3) is 3.05. The maximum absolute atomic E-state index is 6.06. The molecule has 2 aromatic carbocycles. The van der Waals surface area contributed by atoms with Crippen LogP contribution in [0.2, 0.25) is 0 Å². The molecule has 0 atom stereocenters. The van der Waals surface area contributed by atoms with Crippen LogP contribution < -0.4 is 10.6 Å². The predicted octanol–water partition coefficient (Wildman–Crippen LogP) is 4.06. The van der Waals surface area contributed by atoms with Crippen molar-refractivity contribution in [3.05, 3.63) is 58.6 Å². The Balaban J connectivity index is 2.26. The van der Waals surface area contributed by atoms with E-state index in [1.807, 2.05) is 18.2 Å². The van der Waals surface area contributed by atoms with Gasteiger partial charge in [0, 0.05) is 17.6 Å². The highest BCUT2D eigenvalue weighted by atomic mass is 79.9. The molecule has 0 amide bonds. The largest absolute Gasteiger partial charge is 0.397 e. The van der Waals surface area contributed by atoms with Crippen LogP contribution in [0.25, 0.3) is 0 Å². The van der Waals surface area contributed by atoms with Gasteiger partial charge in [0.2, 0.25) is 0 Å². The molecule has 18 heavy (non-hydrogen) atoms. The Bertz CT molecular complexity index is 511. The molecule has 2 N–H and O–H groups in total. The number of hydrogen-bond acceptors (Lipinski definition) is 2. The fourth-order valence-electron chi connectivity index (χ4n) is 1.96. The first kappa shape index (κ1) is 13.0. The molecule has 94 valence electrons. The van der Waals surface area contributed by atoms with Crippen molar-refractivity contribution in [1.82, 2.24) is 0 Å². The number of nitrogens with zero attached hydrogens (tertiary/aromatic N) is 1. The van der Waals surface area contributed by atoms with Crippen LogP contribution in [0.1, 0.15) is 12.5 Å². The molecule has 2 aromatic rings. The van der Waals surface area contributed by atoms with Gasteiger partial charge in [0.05, 0.1) is 11.4 Å². The highest BCUT2D eigenvalue weighted by Crippen LogP contribution is 2.28. The summed E-state index contributed by atoms with van der Waals surface area (Å²) in [6, 6.07) is 16.4. The summed E-state index contributed by atoms with van der Waals surface area (Å²) in [5, 5.41) is 0. The van der Waals surface area contributed by atoms with Crippen molar-refractivity contribution in [3.8, 4) is 0 Å². The number of halogens is 1. The van der Waals surface area contributed by atoms with E-state index in [9.17, 15) is 0 Å². The SMILES string of the molecule is CCN(Cc1ccccc1)c1cc(Br)ccc1N. The summed E-state index contributed by atoms with van der Waals surface area (Å²) in [4.78, 5) is 2.27. The van der Waals surface area contributed by atoms with E-state index in [-0.39, 0.29) is 0 Å². The minimum Gasteiger partial charge on any atom is -0.397 e. The summed E-state index contributed by atoms with van der Waals surface area (Å²) < 4.78 is 1.05. The van der Waals surface area contributed by atoms with Crippen LogP contribution in [0.3, 0.4) is 0 Å². The molecule has 0 unspecified atom stereocenters. The van der Waals surface area contributed by atoms with Gasteiger partial charge in [0.25, 0.3) is 0 Å². The monoisotopic (exact) mass is 304 g/mol. The second-order valence-electron chi connectivity index (χ2n) is 4.20. The number of benzene rings is 2. The fourth-order valence-corrected chi connectivity index (χ4v) is 2.31. The summed E-state index contributed by atoms with van der Waals surface area (Å²) in [6.07, 6.45) is 0. The zero-order chi connectivity index (χ0) is 13.0. The van der Waals surface area contributed by atoms with Gasteiger partial charge >= 0.3 is 0 Å². The Morgan fingerprint density at radius 1 is 1.11 bits per heavy atom. The second kappa shape index (κ2) is 5.91. The standard InChI is InChI=1S/C15H17BrN2/c1-2-18(11-12-6-4-3-5-7-12)15-10-13(16)8-9-14(15)17/h3-10H,2,11,17H2,1H3. The van der Waals surface area contributed by atoms with Crippen LogP contribution in [-0.2, 0) is 6.54 Å². The maximum Gasteiger partial charge on any atom is 0.0614 e. The molecule has 0 aromatic heterocycles. The third-order valence-electron chi connectivity index (χ3n) is 2.93. The molecule has 0 aliphatic rings. The molecule has 0 radical (unpaired) electrons. The highest BCUT2D eigenvalue weighted by Gasteiger charge is 2.09. The average Bonchev–Trinajstić information content (AvgIpc) is 2.40. The molecule has 0 aliphatic heterocycles. The van der Waals surface area contributed by atoms with Gasteiger partial charge in [-0.1, -0.05) is 46.3 Å². The van der Waals surface area contributed by atoms with Crippen molar-refractivity contribution >= 4 is 27.3 Å². The van der Waals surface area contributed by atoms with Crippen LogP contribution >= 0.6 is 15.9 Å².